The third-order valence-electron chi connectivity index (χ3n) is 0.905. The van der Waals surface area contributed by atoms with Crippen LogP contribution in [0, 0.1) is 0 Å². The van der Waals surface area contributed by atoms with E-state index in [0.717, 1.165) is 0 Å². The van der Waals surface area contributed by atoms with Crippen molar-refractivity contribution in [2.24, 2.45) is 0 Å². The minimum atomic E-state index is -1.26. The summed E-state index contributed by atoms with van der Waals surface area (Å²) in [6, 6.07) is 1.24. The van der Waals surface area contributed by atoms with Crippen molar-refractivity contribution >= 4 is 35.9 Å². The summed E-state index contributed by atoms with van der Waals surface area (Å²) in [5, 5.41) is 0. The zero-order valence-electron chi connectivity index (χ0n) is 5.12. The van der Waals surface area contributed by atoms with Gasteiger partial charge in [-0.3, -0.25) is 0 Å². The largest absolute Gasteiger partial charge is 0.0654 e. The molecule has 0 saturated heterocycles. The zero-order chi connectivity index (χ0) is 6.62. The Balaban J connectivity index is 3.11. The quantitative estimate of drug-likeness (QED) is 0.531. The van der Waals surface area contributed by atoms with Gasteiger partial charge in [-0.2, -0.15) is 0 Å². The third-order valence-corrected chi connectivity index (χ3v) is 4.26. The lowest BCUT2D eigenvalue weighted by Gasteiger charge is -2.13. The van der Waals surface area contributed by atoms with Gasteiger partial charge in [0.1, 0.15) is 0 Å². The summed E-state index contributed by atoms with van der Waals surface area (Å²) < 4.78 is 0. The molecule has 0 aromatic heterocycles. The Morgan fingerprint density at radius 1 is 1.25 bits per heavy atom. The molecule has 0 bridgehead atoms. The van der Waals surface area contributed by atoms with Crippen LogP contribution >= 0.6 is 0 Å². The molecule has 0 nitrogen and oxygen atoms in total. The standard InChI is InChI=1S/C4H9Si4/c1-2-3-4-8(5,6)7/h2-4H2,1H3. The molecule has 0 fully saturated rings. The van der Waals surface area contributed by atoms with Gasteiger partial charge in [0.05, 0.1) is 0 Å². The first-order valence-corrected chi connectivity index (χ1v) is 9.52. The smallest absolute Gasteiger partial charge is 0.0115 e. The van der Waals surface area contributed by atoms with Gasteiger partial charge in [0.15, 0.2) is 0 Å². The molecule has 0 atom stereocenters. The van der Waals surface area contributed by atoms with Crippen LogP contribution in [0.2, 0.25) is 6.04 Å². The Morgan fingerprint density at radius 2 is 1.75 bits per heavy atom. The van der Waals surface area contributed by atoms with E-state index < -0.39 is 6.63 Å². The molecule has 0 rings (SSSR count). The maximum atomic E-state index is 3.59. The molecule has 0 amide bonds. The number of unbranched alkanes of at least 4 members (excludes halogenated alkanes) is 1. The van der Waals surface area contributed by atoms with Crippen LogP contribution < -0.4 is 0 Å². The lowest BCUT2D eigenvalue weighted by molar-refractivity contribution is 0.879. The third kappa shape index (κ3) is 6.87. The first-order valence-electron chi connectivity index (χ1n) is 2.81. The molecule has 9 radical (unpaired) electrons. The first-order chi connectivity index (χ1) is 3.56. The van der Waals surface area contributed by atoms with Crippen molar-refractivity contribution in [1.82, 2.24) is 0 Å². The SMILES string of the molecule is CCCC[Si]([Si])([Si])[Si]. The molecule has 41 valence electrons. The second-order valence-electron chi connectivity index (χ2n) is 2.01. The van der Waals surface area contributed by atoms with Crippen LogP contribution in [0.1, 0.15) is 19.8 Å². The van der Waals surface area contributed by atoms with Crippen molar-refractivity contribution < 1.29 is 0 Å². The molecule has 0 heterocycles. The predicted molar refractivity (Wildman–Crippen MR) is 42.7 cm³/mol. The van der Waals surface area contributed by atoms with E-state index in [9.17, 15) is 0 Å². The molecule has 0 unspecified atom stereocenters. The zero-order valence-corrected chi connectivity index (χ0v) is 9.12. The minimum absolute atomic E-state index is 1.24. The van der Waals surface area contributed by atoms with Gasteiger partial charge >= 0.3 is 0 Å². The van der Waals surface area contributed by atoms with Crippen LogP contribution in [0.5, 0.6) is 0 Å². The highest BCUT2D eigenvalue weighted by atomic mass is 29.8. The maximum absolute atomic E-state index is 3.59. The molecule has 0 aliphatic heterocycles. The van der Waals surface area contributed by atoms with Gasteiger partial charge in [0.2, 0.25) is 0 Å². The van der Waals surface area contributed by atoms with E-state index in [2.05, 4.69) is 36.2 Å². The lowest BCUT2D eigenvalue weighted by Crippen LogP contribution is -2.37. The summed E-state index contributed by atoms with van der Waals surface area (Å²) in [5.74, 6) is 0. The lowest BCUT2D eigenvalue weighted by atomic mass is 10.4. The Labute approximate surface area is 62.1 Å². The van der Waals surface area contributed by atoms with Crippen molar-refractivity contribution in [3.63, 3.8) is 0 Å². The van der Waals surface area contributed by atoms with Crippen LogP contribution in [0.25, 0.3) is 0 Å². The second kappa shape index (κ2) is 3.81. The maximum Gasteiger partial charge on any atom is 0.0115 e. The molecule has 0 aromatic carbocycles. The van der Waals surface area contributed by atoms with Crippen molar-refractivity contribution in [2.45, 2.75) is 25.8 Å². The fourth-order valence-corrected chi connectivity index (χ4v) is 2.92. The fraction of sp³-hybridized carbons (Fsp3) is 1.00. The molecule has 8 heavy (non-hydrogen) atoms. The molecule has 0 N–H and O–H groups in total. The summed E-state index contributed by atoms with van der Waals surface area (Å²) in [6.45, 7) is 0.938. The van der Waals surface area contributed by atoms with E-state index in [1.165, 1.54) is 18.9 Å². The summed E-state index contributed by atoms with van der Waals surface area (Å²) in [7, 11) is 10.8. The van der Waals surface area contributed by atoms with Gasteiger partial charge < -0.3 is 0 Å². The Kier molecular flexibility index (Phi) is 4.22. The summed E-state index contributed by atoms with van der Waals surface area (Å²) in [5.41, 5.74) is 0. The highest BCUT2D eigenvalue weighted by Crippen LogP contribution is 2.01. The molecule has 0 saturated carbocycles. The van der Waals surface area contributed by atoms with Crippen molar-refractivity contribution in [3.8, 4) is 0 Å². The van der Waals surface area contributed by atoms with Gasteiger partial charge in [-0.05, 0) is 0 Å². The fourth-order valence-electron chi connectivity index (χ4n) is 0.442. The second-order valence-corrected chi connectivity index (χ2v) is 16.5. The van der Waals surface area contributed by atoms with Crippen LogP contribution in [-0.2, 0) is 0 Å². The van der Waals surface area contributed by atoms with Crippen LogP contribution in [0.3, 0.4) is 0 Å². The van der Waals surface area contributed by atoms with Crippen molar-refractivity contribution in [3.05, 3.63) is 0 Å². The molecule has 4 heteroatoms. The number of rotatable bonds is 3. The molecule has 0 aliphatic carbocycles. The van der Waals surface area contributed by atoms with Crippen molar-refractivity contribution in [2.75, 3.05) is 0 Å². The molecular formula is C4H9Si4. The normalized spacial score (nSPS) is 12.0. The number of hydrogen-bond donors (Lipinski definition) is 0. The van der Waals surface area contributed by atoms with Gasteiger partial charge in [0.25, 0.3) is 0 Å². The topological polar surface area (TPSA) is 0 Å². The molecule has 0 aliphatic rings. The van der Waals surface area contributed by atoms with E-state index in [0.29, 0.717) is 0 Å². The monoisotopic (exact) mass is 169 g/mol. The average molecular weight is 169 g/mol. The minimum Gasteiger partial charge on any atom is -0.0654 e. The average Bonchev–Trinajstić information content (AvgIpc) is 1.59. The van der Waals surface area contributed by atoms with Gasteiger partial charge in [-0.1, -0.05) is 25.8 Å². The highest BCUT2D eigenvalue weighted by Gasteiger charge is 2.10. The predicted octanol–water partition coefficient (Wildman–Crippen LogP) is 0.231. The van der Waals surface area contributed by atoms with E-state index in [1.807, 2.05) is 0 Å². The summed E-state index contributed by atoms with van der Waals surface area (Å²) >= 11 is 0. The van der Waals surface area contributed by atoms with Gasteiger partial charge in [-0.15, -0.1) is 0 Å². The van der Waals surface area contributed by atoms with E-state index in [4.69, 9.17) is 0 Å². The van der Waals surface area contributed by atoms with Crippen molar-refractivity contribution in [1.29, 1.82) is 0 Å². The van der Waals surface area contributed by atoms with Crippen LogP contribution in [-0.4, -0.2) is 35.9 Å². The highest BCUT2D eigenvalue weighted by molar-refractivity contribution is 7.60. The van der Waals surface area contributed by atoms with Crippen LogP contribution in [0.4, 0.5) is 0 Å². The molecule has 0 spiro atoms. The van der Waals surface area contributed by atoms with Gasteiger partial charge in [-0.25, -0.2) is 0 Å². The van der Waals surface area contributed by atoms with E-state index in [1.54, 1.807) is 0 Å². The van der Waals surface area contributed by atoms with Gasteiger partial charge in [0, 0.05) is 35.9 Å². The van der Waals surface area contributed by atoms with E-state index in [-0.39, 0.29) is 0 Å². The Bertz CT molecular complexity index is 55.5. The summed E-state index contributed by atoms with van der Waals surface area (Å²) in [4.78, 5) is 0. The number of hydrogen-bond acceptors (Lipinski definition) is 0. The van der Waals surface area contributed by atoms with Crippen LogP contribution in [0.15, 0.2) is 0 Å². The Morgan fingerprint density at radius 3 is 1.88 bits per heavy atom. The summed E-state index contributed by atoms with van der Waals surface area (Å²) in [6.07, 6.45) is 2.57. The molecular weight excluding hydrogens is 160 g/mol. The Hall–Kier alpha value is 0.868. The van der Waals surface area contributed by atoms with E-state index >= 15 is 0 Å². The first kappa shape index (κ1) is 8.87. The molecule has 0 aromatic rings.